The van der Waals surface area contributed by atoms with Gasteiger partial charge in [-0.15, -0.1) is 16.4 Å². The molecule has 1 aromatic carbocycles. The summed E-state index contributed by atoms with van der Waals surface area (Å²) >= 11 is 19.0. The largest absolute Gasteiger partial charge is 0.462 e. The van der Waals surface area contributed by atoms with Crippen LogP contribution in [0.25, 0.3) is 0 Å². The summed E-state index contributed by atoms with van der Waals surface area (Å²) in [7, 11) is 0. The Morgan fingerprint density at radius 3 is 2.84 bits per heavy atom. The normalized spacial score (nSPS) is 12.8. The number of benzene rings is 1. The van der Waals surface area contributed by atoms with Gasteiger partial charge in [0, 0.05) is 4.88 Å². The van der Waals surface area contributed by atoms with Crippen LogP contribution >= 0.6 is 46.8 Å². The fourth-order valence-corrected chi connectivity index (χ4v) is 5.42. The molecule has 0 aliphatic heterocycles. The van der Waals surface area contributed by atoms with Gasteiger partial charge in [0.1, 0.15) is 11.3 Å². The van der Waals surface area contributed by atoms with Crippen LogP contribution in [0.1, 0.15) is 46.1 Å². The molecule has 2 aromatic heterocycles. The zero-order valence-electron chi connectivity index (χ0n) is 17.3. The van der Waals surface area contributed by atoms with Crippen molar-refractivity contribution in [3.63, 3.8) is 0 Å². The minimum absolute atomic E-state index is 0.307. The van der Waals surface area contributed by atoms with Gasteiger partial charge >= 0.3 is 5.97 Å². The highest BCUT2D eigenvalue weighted by molar-refractivity contribution is 7.80. The molecule has 0 saturated heterocycles. The molecule has 1 aliphatic carbocycles. The maximum Gasteiger partial charge on any atom is 0.341 e. The zero-order chi connectivity index (χ0) is 22.7. The van der Waals surface area contributed by atoms with Crippen LogP contribution in [0, 0.1) is 0 Å². The molecule has 0 saturated carbocycles. The van der Waals surface area contributed by atoms with Gasteiger partial charge in [0.15, 0.2) is 5.11 Å². The fourth-order valence-electron chi connectivity index (χ4n) is 3.56. The highest BCUT2D eigenvalue weighted by Gasteiger charge is 2.26. The van der Waals surface area contributed by atoms with E-state index in [4.69, 9.17) is 40.2 Å². The van der Waals surface area contributed by atoms with Crippen LogP contribution in [0.15, 0.2) is 24.5 Å². The molecule has 0 unspecified atom stereocenters. The van der Waals surface area contributed by atoms with Gasteiger partial charge in [0.25, 0.3) is 0 Å². The molecule has 2 N–H and O–H groups in total. The number of hydrogen-bond donors (Lipinski definition) is 2. The number of aromatic nitrogens is 3. The number of rotatable bonds is 6. The topological polar surface area (TPSA) is 81.1 Å². The van der Waals surface area contributed by atoms with Gasteiger partial charge in [0.2, 0.25) is 5.95 Å². The quantitative estimate of drug-likeness (QED) is 0.332. The van der Waals surface area contributed by atoms with E-state index >= 15 is 0 Å². The molecule has 32 heavy (non-hydrogen) atoms. The van der Waals surface area contributed by atoms with Crippen molar-refractivity contribution in [3.8, 4) is 0 Å². The lowest BCUT2D eigenvalue weighted by Crippen LogP contribution is -2.21. The second-order valence-corrected chi connectivity index (χ2v) is 9.56. The van der Waals surface area contributed by atoms with Gasteiger partial charge < -0.3 is 10.1 Å². The molecule has 1 aliphatic rings. The molecule has 168 valence electrons. The monoisotopic (exact) mass is 509 g/mol. The molecular formula is C21H21Cl2N5O2S2. The maximum absolute atomic E-state index is 12.6. The third-order valence-corrected chi connectivity index (χ3v) is 7.12. The van der Waals surface area contributed by atoms with E-state index in [0.29, 0.717) is 44.8 Å². The molecule has 7 nitrogen and oxygen atoms in total. The predicted molar refractivity (Wildman–Crippen MR) is 132 cm³/mol. The van der Waals surface area contributed by atoms with Crippen LogP contribution in [0.3, 0.4) is 0 Å². The molecule has 0 bridgehead atoms. The van der Waals surface area contributed by atoms with Crippen molar-refractivity contribution in [2.75, 3.05) is 17.2 Å². The Labute approximate surface area is 205 Å². The summed E-state index contributed by atoms with van der Waals surface area (Å²) in [6.45, 7) is 2.61. The van der Waals surface area contributed by atoms with Crippen molar-refractivity contribution >= 4 is 68.8 Å². The van der Waals surface area contributed by atoms with Crippen molar-refractivity contribution in [3.05, 3.63) is 56.1 Å². The van der Waals surface area contributed by atoms with Crippen LogP contribution in [-0.4, -0.2) is 32.5 Å². The first-order chi connectivity index (χ1) is 15.4. The Hall–Kier alpha value is -2.20. The van der Waals surface area contributed by atoms with E-state index < -0.39 is 0 Å². The number of nitrogens with one attached hydrogen (secondary N) is 2. The number of thiophene rings is 1. The first kappa shape index (κ1) is 23.0. The average Bonchev–Trinajstić information content (AvgIpc) is 3.34. The summed E-state index contributed by atoms with van der Waals surface area (Å²) in [5.74, 6) is 0.0304. The standard InChI is InChI=1S/C21H21Cl2N5O2S2/c1-2-30-19(29)17-13-5-3-4-6-16(13)32-18(17)25-21(31)26-20-24-11-28(27-20)10-12-7-8-14(22)15(23)9-12/h7-9,11H,2-6,10H2,1H3,(H2,25,26,27,31). The molecular weight excluding hydrogens is 489 g/mol. The number of esters is 1. The number of nitrogens with zero attached hydrogens (tertiary/aromatic N) is 3. The summed E-state index contributed by atoms with van der Waals surface area (Å²) in [5.41, 5.74) is 2.61. The van der Waals surface area contributed by atoms with Gasteiger partial charge in [-0.3, -0.25) is 5.32 Å². The predicted octanol–water partition coefficient (Wildman–Crippen LogP) is 5.56. The SMILES string of the molecule is CCOC(=O)c1c(NC(=S)Nc2ncn(Cc3ccc(Cl)c(Cl)c3)n2)sc2c1CCCC2. The zero-order valence-corrected chi connectivity index (χ0v) is 20.4. The van der Waals surface area contributed by atoms with Gasteiger partial charge in [-0.25, -0.2) is 14.5 Å². The Bertz CT molecular complexity index is 1160. The Balaban J connectivity index is 1.45. The molecule has 11 heteroatoms. The molecule has 3 aromatic rings. The van der Waals surface area contributed by atoms with E-state index in [1.165, 1.54) is 4.88 Å². The van der Waals surface area contributed by atoms with Gasteiger partial charge in [-0.05, 0) is 68.1 Å². The molecule has 0 fully saturated rings. The summed E-state index contributed by atoms with van der Waals surface area (Å²) in [4.78, 5) is 18.1. The van der Waals surface area contributed by atoms with Gasteiger partial charge in [-0.2, -0.15) is 0 Å². The highest BCUT2D eigenvalue weighted by atomic mass is 35.5. The van der Waals surface area contributed by atoms with Crippen LogP contribution in [0.5, 0.6) is 0 Å². The number of fused-ring (bicyclic) bond motifs is 1. The molecule has 4 rings (SSSR count). The van der Waals surface area contributed by atoms with E-state index in [9.17, 15) is 4.79 Å². The number of halogens is 2. The minimum Gasteiger partial charge on any atom is -0.462 e. The van der Waals surface area contributed by atoms with Crippen molar-refractivity contribution in [2.24, 2.45) is 0 Å². The number of thiocarbonyl (C=S) groups is 1. The average molecular weight is 510 g/mol. The third-order valence-electron chi connectivity index (χ3n) is 4.97. The van der Waals surface area contributed by atoms with E-state index in [0.717, 1.165) is 36.8 Å². The number of ether oxygens (including phenoxy) is 1. The molecule has 0 atom stereocenters. The molecule has 0 spiro atoms. The number of hydrogen-bond acceptors (Lipinski definition) is 6. The number of carbonyl (C=O) groups excluding carboxylic acids is 1. The van der Waals surface area contributed by atoms with Gasteiger partial charge in [0.05, 0.1) is 28.8 Å². The number of carbonyl (C=O) groups is 1. The lowest BCUT2D eigenvalue weighted by molar-refractivity contribution is 0.0526. The van der Waals surface area contributed by atoms with E-state index in [1.807, 2.05) is 6.07 Å². The van der Waals surface area contributed by atoms with Crippen LogP contribution in [-0.2, 0) is 24.1 Å². The van der Waals surface area contributed by atoms with Crippen molar-refractivity contribution < 1.29 is 9.53 Å². The molecule has 0 amide bonds. The Morgan fingerprint density at radius 2 is 2.06 bits per heavy atom. The Morgan fingerprint density at radius 1 is 1.25 bits per heavy atom. The van der Waals surface area contributed by atoms with Crippen LogP contribution < -0.4 is 10.6 Å². The molecule has 2 heterocycles. The second kappa shape index (κ2) is 10.2. The van der Waals surface area contributed by atoms with E-state index in [1.54, 1.807) is 41.4 Å². The maximum atomic E-state index is 12.6. The van der Waals surface area contributed by atoms with Gasteiger partial charge in [-0.1, -0.05) is 29.3 Å². The fraction of sp³-hybridized carbons (Fsp3) is 0.333. The lowest BCUT2D eigenvalue weighted by atomic mass is 9.95. The second-order valence-electron chi connectivity index (χ2n) is 7.23. The highest BCUT2D eigenvalue weighted by Crippen LogP contribution is 2.38. The smallest absolute Gasteiger partial charge is 0.341 e. The van der Waals surface area contributed by atoms with Crippen LogP contribution in [0.2, 0.25) is 10.0 Å². The summed E-state index contributed by atoms with van der Waals surface area (Å²) in [6, 6.07) is 5.42. The lowest BCUT2D eigenvalue weighted by Gasteiger charge is -2.12. The van der Waals surface area contributed by atoms with Crippen molar-refractivity contribution in [2.45, 2.75) is 39.2 Å². The first-order valence-corrected chi connectivity index (χ1v) is 12.2. The van der Waals surface area contributed by atoms with Crippen molar-refractivity contribution in [1.82, 2.24) is 14.8 Å². The number of anilines is 2. The molecule has 0 radical (unpaired) electrons. The Kier molecular flexibility index (Phi) is 7.30. The van der Waals surface area contributed by atoms with Crippen molar-refractivity contribution in [1.29, 1.82) is 0 Å². The van der Waals surface area contributed by atoms with E-state index in [-0.39, 0.29) is 5.97 Å². The third kappa shape index (κ3) is 5.23. The summed E-state index contributed by atoms with van der Waals surface area (Å²) in [6.07, 6.45) is 5.63. The number of aryl methyl sites for hydroxylation is 1. The van der Waals surface area contributed by atoms with E-state index in [2.05, 4.69) is 20.7 Å². The summed E-state index contributed by atoms with van der Waals surface area (Å²) < 4.78 is 6.95. The first-order valence-electron chi connectivity index (χ1n) is 10.2. The summed E-state index contributed by atoms with van der Waals surface area (Å²) in [5, 5.41) is 12.5. The minimum atomic E-state index is -0.318. The van der Waals surface area contributed by atoms with Crippen LogP contribution in [0.4, 0.5) is 10.9 Å².